The molecule has 0 saturated heterocycles. The molecule has 0 bridgehead atoms. The van der Waals surface area contributed by atoms with Crippen LogP contribution in [0.2, 0.25) is 0 Å². The number of carbonyl (C=O) groups is 2. The first kappa shape index (κ1) is 31.7. The number of carbonyl (C=O) groups excluding carboxylic acids is 2. The maximum Gasteiger partial charge on any atom is 0.264 e. The van der Waals surface area contributed by atoms with Gasteiger partial charge in [0.2, 0.25) is 11.8 Å². The smallest absolute Gasteiger partial charge is 0.264 e. The van der Waals surface area contributed by atoms with Gasteiger partial charge in [-0.25, -0.2) is 8.42 Å². The van der Waals surface area contributed by atoms with Gasteiger partial charge in [0, 0.05) is 13.1 Å². The predicted molar refractivity (Wildman–Crippen MR) is 162 cm³/mol. The number of nitrogens with zero attached hydrogens (tertiary/aromatic N) is 2. The Morgan fingerprint density at radius 3 is 2.02 bits per heavy atom. The van der Waals surface area contributed by atoms with Crippen molar-refractivity contribution in [3.63, 3.8) is 0 Å². The average molecular weight is 580 g/mol. The van der Waals surface area contributed by atoms with Gasteiger partial charge in [0.05, 0.1) is 17.2 Å². The Hall–Kier alpha value is -3.85. The van der Waals surface area contributed by atoms with Gasteiger partial charge in [0.1, 0.15) is 18.3 Å². The van der Waals surface area contributed by atoms with Crippen molar-refractivity contribution in [2.75, 3.05) is 24.0 Å². The Labute approximate surface area is 244 Å². The molecule has 1 atom stereocenters. The number of hydrogen-bond donors (Lipinski definition) is 1. The van der Waals surface area contributed by atoms with Crippen molar-refractivity contribution in [3.8, 4) is 5.75 Å². The molecular weight excluding hydrogens is 538 g/mol. The molecule has 0 spiro atoms. The summed E-state index contributed by atoms with van der Waals surface area (Å²) < 4.78 is 34.5. The van der Waals surface area contributed by atoms with Crippen molar-refractivity contribution in [2.45, 2.75) is 64.9 Å². The van der Waals surface area contributed by atoms with E-state index in [1.165, 1.54) is 17.0 Å². The number of aryl methyl sites for hydroxylation is 2. The monoisotopic (exact) mass is 579 g/mol. The van der Waals surface area contributed by atoms with Crippen molar-refractivity contribution in [2.24, 2.45) is 0 Å². The summed E-state index contributed by atoms with van der Waals surface area (Å²) in [5, 5.41) is 2.90. The summed E-state index contributed by atoms with van der Waals surface area (Å²) in [7, 11) is -4.14. The third-order valence-electron chi connectivity index (χ3n) is 6.79. The summed E-state index contributed by atoms with van der Waals surface area (Å²) in [6.45, 7) is 10.1. The highest BCUT2D eigenvalue weighted by molar-refractivity contribution is 7.92. The molecule has 3 rings (SSSR count). The summed E-state index contributed by atoms with van der Waals surface area (Å²) in [5.41, 5.74) is 3.22. The lowest BCUT2D eigenvalue weighted by Crippen LogP contribution is -2.51. The molecule has 0 fully saturated rings. The zero-order valence-electron chi connectivity index (χ0n) is 24.6. The molecule has 0 saturated carbocycles. The lowest BCUT2D eigenvalue weighted by Gasteiger charge is -2.32. The maximum absolute atomic E-state index is 14.0. The zero-order valence-corrected chi connectivity index (χ0v) is 25.4. The van der Waals surface area contributed by atoms with E-state index in [4.69, 9.17) is 4.74 Å². The van der Waals surface area contributed by atoms with Crippen LogP contribution >= 0.6 is 0 Å². The Kier molecular flexibility index (Phi) is 11.3. The minimum Gasteiger partial charge on any atom is -0.494 e. The summed E-state index contributed by atoms with van der Waals surface area (Å²) >= 11 is 0. The highest BCUT2D eigenvalue weighted by Crippen LogP contribution is 2.26. The van der Waals surface area contributed by atoms with Crippen molar-refractivity contribution in [3.05, 3.63) is 89.5 Å². The van der Waals surface area contributed by atoms with E-state index in [1.807, 2.05) is 52.0 Å². The van der Waals surface area contributed by atoms with Gasteiger partial charge in [-0.15, -0.1) is 0 Å². The molecule has 0 unspecified atom stereocenters. The number of nitrogens with one attached hydrogen (secondary N) is 1. The molecule has 3 aromatic rings. The van der Waals surface area contributed by atoms with Crippen LogP contribution in [0.15, 0.2) is 77.7 Å². The average Bonchev–Trinajstić information content (AvgIpc) is 2.96. The molecule has 2 amide bonds. The van der Waals surface area contributed by atoms with Crippen LogP contribution < -0.4 is 14.4 Å². The van der Waals surface area contributed by atoms with Gasteiger partial charge in [-0.3, -0.25) is 13.9 Å². The van der Waals surface area contributed by atoms with E-state index in [-0.39, 0.29) is 17.3 Å². The molecule has 0 aromatic heterocycles. The van der Waals surface area contributed by atoms with Crippen LogP contribution in [0.4, 0.5) is 5.69 Å². The second-order valence-electron chi connectivity index (χ2n) is 10.1. The Bertz CT molecular complexity index is 1390. The van der Waals surface area contributed by atoms with Crippen LogP contribution in [0.1, 0.15) is 50.3 Å². The molecule has 9 heteroatoms. The van der Waals surface area contributed by atoms with Gasteiger partial charge < -0.3 is 15.0 Å². The maximum atomic E-state index is 14.0. The van der Waals surface area contributed by atoms with Crippen molar-refractivity contribution >= 4 is 27.5 Å². The second-order valence-corrected chi connectivity index (χ2v) is 11.9. The molecule has 220 valence electrons. The van der Waals surface area contributed by atoms with E-state index < -0.39 is 28.5 Å². The molecule has 0 aliphatic heterocycles. The fourth-order valence-electron chi connectivity index (χ4n) is 4.25. The van der Waals surface area contributed by atoms with Gasteiger partial charge in [0.25, 0.3) is 10.0 Å². The predicted octanol–water partition coefficient (Wildman–Crippen LogP) is 5.23. The lowest BCUT2D eigenvalue weighted by molar-refractivity contribution is -0.139. The first-order valence-corrected chi connectivity index (χ1v) is 15.5. The molecule has 41 heavy (non-hydrogen) atoms. The summed E-state index contributed by atoms with van der Waals surface area (Å²) in [6.07, 6.45) is 1.75. The van der Waals surface area contributed by atoms with E-state index in [9.17, 15) is 18.0 Å². The minimum atomic E-state index is -4.14. The van der Waals surface area contributed by atoms with Crippen LogP contribution in [0.25, 0.3) is 0 Å². The highest BCUT2D eigenvalue weighted by atomic mass is 32.2. The van der Waals surface area contributed by atoms with Crippen LogP contribution in [-0.2, 0) is 26.2 Å². The number of unbranched alkanes of at least 4 members (excludes halogenated alkanes) is 1. The third-order valence-corrected chi connectivity index (χ3v) is 8.58. The van der Waals surface area contributed by atoms with Gasteiger partial charge in [-0.2, -0.15) is 0 Å². The Morgan fingerprint density at radius 2 is 1.46 bits per heavy atom. The normalized spacial score (nSPS) is 11.9. The van der Waals surface area contributed by atoms with Gasteiger partial charge in [-0.05, 0) is 76.1 Å². The molecule has 3 aromatic carbocycles. The summed E-state index contributed by atoms with van der Waals surface area (Å²) in [6, 6.07) is 20.0. The van der Waals surface area contributed by atoms with E-state index in [0.717, 1.165) is 33.8 Å². The number of amides is 2. The third kappa shape index (κ3) is 8.57. The Balaban J connectivity index is 1.98. The SMILES string of the molecule is CCCCNC(=O)[C@@H](C)N(Cc1ccc(C)cc1)C(=O)CN(c1ccc(C)cc1)S(=O)(=O)c1ccc(OCC)cc1. The lowest BCUT2D eigenvalue weighted by atomic mass is 10.1. The number of rotatable bonds is 14. The number of hydrogen-bond acceptors (Lipinski definition) is 5. The molecule has 0 heterocycles. The quantitative estimate of drug-likeness (QED) is 0.264. The van der Waals surface area contributed by atoms with E-state index >= 15 is 0 Å². The molecule has 1 N–H and O–H groups in total. The fourth-order valence-corrected chi connectivity index (χ4v) is 5.66. The van der Waals surface area contributed by atoms with E-state index in [0.29, 0.717) is 24.6 Å². The molecule has 8 nitrogen and oxygen atoms in total. The zero-order chi connectivity index (χ0) is 30.0. The largest absolute Gasteiger partial charge is 0.494 e. The topological polar surface area (TPSA) is 96.0 Å². The van der Waals surface area contributed by atoms with Crippen LogP contribution in [-0.4, -0.2) is 50.9 Å². The molecule has 0 radical (unpaired) electrons. The standard InChI is InChI=1S/C32H41N3O5S/c1-6-8-21-33-32(37)26(5)34(22-27-13-9-24(3)10-14-27)31(36)23-35(28-15-11-25(4)12-16-28)41(38,39)30-19-17-29(18-20-30)40-7-2/h9-20,26H,6-8,21-23H2,1-5H3,(H,33,37)/t26-/m1/s1. The van der Waals surface area contributed by atoms with Gasteiger partial charge in [-0.1, -0.05) is 60.9 Å². The second kappa shape index (κ2) is 14.7. The van der Waals surface area contributed by atoms with Crippen molar-refractivity contribution in [1.29, 1.82) is 0 Å². The van der Waals surface area contributed by atoms with E-state index in [1.54, 1.807) is 43.3 Å². The Morgan fingerprint density at radius 1 is 0.878 bits per heavy atom. The van der Waals surface area contributed by atoms with E-state index in [2.05, 4.69) is 5.32 Å². The number of sulfonamides is 1. The van der Waals surface area contributed by atoms with Crippen molar-refractivity contribution < 1.29 is 22.7 Å². The first-order valence-electron chi connectivity index (χ1n) is 14.0. The fraction of sp³-hybridized carbons (Fsp3) is 0.375. The van der Waals surface area contributed by atoms with Crippen LogP contribution in [0, 0.1) is 13.8 Å². The summed E-state index contributed by atoms with van der Waals surface area (Å²) in [5.74, 6) is -0.217. The van der Waals surface area contributed by atoms with Crippen LogP contribution in [0.5, 0.6) is 5.75 Å². The number of anilines is 1. The van der Waals surface area contributed by atoms with Gasteiger partial charge in [0.15, 0.2) is 0 Å². The van der Waals surface area contributed by atoms with Gasteiger partial charge >= 0.3 is 0 Å². The number of benzene rings is 3. The first-order chi connectivity index (χ1) is 19.6. The molecule has 0 aliphatic carbocycles. The molecule has 0 aliphatic rings. The minimum absolute atomic E-state index is 0.0322. The number of ether oxygens (including phenoxy) is 1. The van der Waals surface area contributed by atoms with Crippen molar-refractivity contribution in [1.82, 2.24) is 10.2 Å². The highest BCUT2D eigenvalue weighted by Gasteiger charge is 2.32. The van der Waals surface area contributed by atoms with Crippen LogP contribution in [0.3, 0.4) is 0 Å². The summed E-state index contributed by atoms with van der Waals surface area (Å²) in [4.78, 5) is 28.5. The molecular formula is C32H41N3O5S.